The fraction of sp³-hybridized carbons (Fsp3) is 0.0952. The molecule has 0 aromatic heterocycles. The van der Waals surface area contributed by atoms with Crippen LogP contribution in [0.5, 0.6) is 0 Å². The molecular formula is C21H20N2O. The first kappa shape index (κ1) is 15.8. The topological polar surface area (TPSA) is 55.1 Å². The van der Waals surface area contributed by atoms with Crippen molar-refractivity contribution in [2.45, 2.75) is 12.0 Å². The fourth-order valence-corrected chi connectivity index (χ4v) is 2.93. The minimum absolute atomic E-state index is 0.162. The predicted molar refractivity (Wildman–Crippen MR) is 97.8 cm³/mol. The molecule has 0 saturated carbocycles. The molecule has 1 atom stereocenters. The minimum atomic E-state index is -0.544. The second-order valence-electron chi connectivity index (χ2n) is 5.69. The Balaban J connectivity index is 2.03. The van der Waals surface area contributed by atoms with Gasteiger partial charge in [0.25, 0.3) is 0 Å². The Morgan fingerprint density at radius 2 is 1.12 bits per heavy atom. The van der Waals surface area contributed by atoms with Gasteiger partial charge in [0.05, 0.1) is 0 Å². The lowest BCUT2D eigenvalue weighted by molar-refractivity contribution is -0.119. The number of amides is 1. The molecule has 0 aliphatic carbocycles. The molecule has 3 aromatic rings. The van der Waals surface area contributed by atoms with Gasteiger partial charge in [0.15, 0.2) is 0 Å². The van der Waals surface area contributed by atoms with Gasteiger partial charge in [-0.05, 0) is 23.3 Å². The summed E-state index contributed by atoms with van der Waals surface area (Å²) in [4.78, 5) is 12.3. The first-order valence-electron chi connectivity index (χ1n) is 7.96. The SMILES string of the molecule is NC(=O)[C@@H](Nc1ccccc1)C(c1ccccc1)c1ccccc1. The van der Waals surface area contributed by atoms with E-state index in [-0.39, 0.29) is 11.8 Å². The zero-order chi connectivity index (χ0) is 16.8. The maximum atomic E-state index is 12.3. The van der Waals surface area contributed by atoms with Crippen LogP contribution in [-0.4, -0.2) is 11.9 Å². The molecule has 0 radical (unpaired) electrons. The van der Waals surface area contributed by atoms with E-state index in [0.717, 1.165) is 16.8 Å². The molecule has 0 saturated heterocycles. The molecule has 0 spiro atoms. The summed E-state index contributed by atoms with van der Waals surface area (Å²) in [6.07, 6.45) is 0. The molecule has 3 rings (SSSR count). The van der Waals surface area contributed by atoms with Gasteiger partial charge in [0.1, 0.15) is 6.04 Å². The smallest absolute Gasteiger partial charge is 0.240 e. The summed E-state index contributed by atoms with van der Waals surface area (Å²) >= 11 is 0. The molecule has 0 aliphatic heterocycles. The van der Waals surface area contributed by atoms with E-state index in [1.54, 1.807) is 0 Å². The zero-order valence-corrected chi connectivity index (χ0v) is 13.3. The van der Waals surface area contributed by atoms with Crippen LogP contribution >= 0.6 is 0 Å². The number of nitrogens with one attached hydrogen (secondary N) is 1. The number of primary amides is 1. The van der Waals surface area contributed by atoms with Crippen LogP contribution in [0.1, 0.15) is 17.0 Å². The van der Waals surface area contributed by atoms with Crippen molar-refractivity contribution in [2.75, 3.05) is 5.32 Å². The molecular weight excluding hydrogens is 296 g/mol. The van der Waals surface area contributed by atoms with Crippen molar-refractivity contribution in [3.05, 3.63) is 102 Å². The highest BCUT2D eigenvalue weighted by Gasteiger charge is 2.29. The number of carbonyl (C=O) groups is 1. The Bertz CT molecular complexity index is 733. The van der Waals surface area contributed by atoms with Gasteiger partial charge in [0.2, 0.25) is 5.91 Å². The number of rotatable bonds is 6. The monoisotopic (exact) mass is 316 g/mol. The lowest BCUT2D eigenvalue weighted by Crippen LogP contribution is -2.41. The van der Waals surface area contributed by atoms with E-state index >= 15 is 0 Å². The summed E-state index contributed by atoms with van der Waals surface area (Å²) in [5, 5.41) is 3.30. The first-order valence-corrected chi connectivity index (χ1v) is 7.96. The van der Waals surface area contributed by atoms with E-state index in [9.17, 15) is 4.79 Å². The molecule has 0 unspecified atom stereocenters. The molecule has 0 aliphatic rings. The minimum Gasteiger partial charge on any atom is -0.373 e. The quantitative estimate of drug-likeness (QED) is 0.727. The number of nitrogens with two attached hydrogens (primary N) is 1. The van der Waals surface area contributed by atoms with E-state index in [0.29, 0.717) is 0 Å². The van der Waals surface area contributed by atoms with Crippen molar-refractivity contribution in [3.63, 3.8) is 0 Å². The second-order valence-corrected chi connectivity index (χ2v) is 5.69. The number of carbonyl (C=O) groups excluding carboxylic acids is 1. The first-order chi connectivity index (χ1) is 11.8. The van der Waals surface area contributed by atoms with Crippen LogP contribution in [-0.2, 0) is 4.79 Å². The van der Waals surface area contributed by atoms with Crippen molar-refractivity contribution < 1.29 is 4.79 Å². The van der Waals surface area contributed by atoms with Crippen molar-refractivity contribution in [1.29, 1.82) is 0 Å². The van der Waals surface area contributed by atoms with Crippen LogP contribution in [0.3, 0.4) is 0 Å². The van der Waals surface area contributed by atoms with Crippen molar-refractivity contribution >= 4 is 11.6 Å². The largest absolute Gasteiger partial charge is 0.373 e. The molecule has 3 heteroatoms. The zero-order valence-electron chi connectivity index (χ0n) is 13.3. The molecule has 1 amide bonds. The summed E-state index contributed by atoms with van der Waals surface area (Å²) in [5.74, 6) is -0.540. The number of benzene rings is 3. The molecule has 0 heterocycles. The Labute approximate surface area is 142 Å². The maximum Gasteiger partial charge on any atom is 0.240 e. The van der Waals surface area contributed by atoms with E-state index in [1.807, 2.05) is 91.0 Å². The summed E-state index contributed by atoms with van der Waals surface area (Å²) in [7, 11) is 0. The van der Waals surface area contributed by atoms with Gasteiger partial charge in [-0.25, -0.2) is 0 Å². The summed E-state index contributed by atoms with van der Waals surface area (Å²) < 4.78 is 0. The molecule has 3 aromatic carbocycles. The van der Waals surface area contributed by atoms with Gasteiger partial charge >= 0.3 is 0 Å². The molecule has 120 valence electrons. The maximum absolute atomic E-state index is 12.3. The highest BCUT2D eigenvalue weighted by molar-refractivity contribution is 5.85. The number of hydrogen-bond donors (Lipinski definition) is 2. The van der Waals surface area contributed by atoms with Gasteiger partial charge in [-0.2, -0.15) is 0 Å². The standard InChI is InChI=1S/C21H20N2O/c22-21(24)20(23-18-14-8-3-9-15-18)19(16-10-4-1-5-11-16)17-12-6-2-7-13-17/h1-15,19-20,23H,(H2,22,24)/t20-/m0/s1. The number of hydrogen-bond acceptors (Lipinski definition) is 2. The van der Waals surface area contributed by atoms with Crippen molar-refractivity contribution in [3.8, 4) is 0 Å². The van der Waals surface area contributed by atoms with Crippen molar-refractivity contribution in [1.82, 2.24) is 0 Å². The van der Waals surface area contributed by atoms with E-state index < -0.39 is 6.04 Å². The lowest BCUT2D eigenvalue weighted by atomic mass is 9.84. The molecule has 0 bridgehead atoms. The third-order valence-electron chi connectivity index (χ3n) is 4.05. The average Bonchev–Trinajstić information content (AvgIpc) is 2.64. The summed E-state index contributed by atoms with van der Waals surface area (Å²) in [6, 6.07) is 29.1. The average molecular weight is 316 g/mol. The van der Waals surface area contributed by atoms with Gasteiger partial charge in [-0.1, -0.05) is 78.9 Å². The number of para-hydroxylation sites is 1. The van der Waals surface area contributed by atoms with Crippen molar-refractivity contribution in [2.24, 2.45) is 5.73 Å². The van der Waals surface area contributed by atoms with Crippen LogP contribution in [0.25, 0.3) is 0 Å². The van der Waals surface area contributed by atoms with Crippen LogP contribution in [0.4, 0.5) is 5.69 Å². The van der Waals surface area contributed by atoms with Crippen LogP contribution < -0.4 is 11.1 Å². The van der Waals surface area contributed by atoms with Crippen LogP contribution in [0.15, 0.2) is 91.0 Å². The second kappa shape index (κ2) is 7.47. The highest BCUT2D eigenvalue weighted by atomic mass is 16.1. The normalized spacial score (nSPS) is 11.9. The predicted octanol–water partition coefficient (Wildman–Crippen LogP) is 3.78. The van der Waals surface area contributed by atoms with Gasteiger partial charge in [-0.15, -0.1) is 0 Å². The van der Waals surface area contributed by atoms with Crippen LogP contribution in [0.2, 0.25) is 0 Å². The fourth-order valence-electron chi connectivity index (χ4n) is 2.93. The van der Waals surface area contributed by atoms with E-state index in [2.05, 4.69) is 5.32 Å². The summed E-state index contributed by atoms with van der Waals surface area (Å²) in [6.45, 7) is 0. The van der Waals surface area contributed by atoms with Crippen LogP contribution in [0, 0.1) is 0 Å². The molecule has 3 N–H and O–H groups in total. The lowest BCUT2D eigenvalue weighted by Gasteiger charge is -2.27. The Morgan fingerprint density at radius 1 is 0.708 bits per heavy atom. The van der Waals surface area contributed by atoms with Gasteiger partial charge in [-0.3, -0.25) is 4.79 Å². The van der Waals surface area contributed by atoms with Gasteiger partial charge in [0, 0.05) is 11.6 Å². The highest BCUT2D eigenvalue weighted by Crippen LogP contribution is 2.30. The molecule has 24 heavy (non-hydrogen) atoms. The Morgan fingerprint density at radius 3 is 1.54 bits per heavy atom. The van der Waals surface area contributed by atoms with Gasteiger partial charge < -0.3 is 11.1 Å². The molecule has 0 fully saturated rings. The Hall–Kier alpha value is -3.07. The Kier molecular flexibility index (Phi) is 4.92. The third kappa shape index (κ3) is 3.63. The number of anilines is 1. The van der Waals surface area contributed by atoms with E-state index in [4.69, 9.17) is 5.73 Å². The van der Waals surface area contributed by atoms with E-state index in [1.165, 1.54) is 0 Å². The molecule has 3 nitrogen and oxygen atoms in total. The third-order valence-corrected chi connectivity index (χ3v) is 4.05. The summed E-state index contributed by atoms with van der Waals surface area (Å²) in [5.41, 5.74) is 8.74.